The first-order valence-electron chi connectivity index (χ1n) is 5.06. The summed E-state index contributed by atoms with van der Waals surface area (Å²) >= 11 is 0. The van der Waals surface area contributed by atoms with E-state index in [4.69, 9.17) is 0 Å². The van der Waals surface area contributed by atoms with Crippen LogP contribution in [-0.2, 0) is 22.5 Å². The molecule has 1 aliphatic heterocycles. The number of methoxy groups -OCH3 is 1. The molecule has 0 aromatic heterocycles. The summed E-state index contributed by atoms with van der Waals surface area (Å²) in [6.45, 7) is 0.600. The van der Waals surface area contributed by atoms with Gasteiger partial charge >= 0.3 is 5.97 Å². The fourth-order valence-electron chi connectivity index (χ4n) is 1.96. The third-order valence-electron chi connectivity index (χ3n) is 2.86. The zero-order valence-corrected chi connectivity index (χ0v) is 8.93. The quantitative estimate of drug-likeness (QED) is 0.433. The lowest BCUT2D eigenvalue weighted by molar-refractivity contribution is -0.696. The number of rotatable bonds is 1. The van der Waals surface area contributed by atoms with Crippen molar-refractivity contribution in [2.75, 3.05) is 7.11 Å². The number of quaternary nitrogens is 1. The summed E-state index contributed by atoms with van der Waals surface area (Å²) in [6.07, 6.45) is 0.510. The minimum atomic E-state index is -0.266. The van der Waals surface area contributed by atoms with Gasteiger partial charge < -0.3 is 20.3 Å². The van der Waals surface area contributed by atoms with E-state index in [9.17, 15) is 15.0 Å². The number of esters is 1. The van der Waals surface area contributed by atoms with Crippen LogP contribution in [0.25, 0.3) is 0 Å². The van der Waals surface area contributed by atoms with Crippen LogP contribution in [0, 0.1) is 0 Å². The van der Waals surface area contributed by atoms with Crippen LogP contribution in [0.5, 0.6) is 11.5 Å². The second-order valence-electron chi connectivity index (χ2n) is 3.88. The Bertz CT molecular complexity index is 430. The molecular formula is C11H14NO4+. The molecule has 2 rings (SSSR count). The number of phenolic OH excluding ortho intramolecular Hbond substituents is 2. The summed E-state index contributed by atoms with van der Waals surface area (Å²) in [4.78, 5) is 11.4. The molecule has 16 heavy (non-hydrogen) atoms. The van der Waals surface area contributed by atoms with Crippen molar-refractivity contribution in [3.05, 3.63) is 23.3 Å². The van der Waals surface area contributed by atoms with Gasteiger partial charge in [-0.25, -0.2) is 4.79 Å². The molecule has 5 nitrogen and oxygen atoms in total. The minimum Gasteiger partial charge on any atom is -0.504 e. The molecule has 0 fully saturated rings. The zero-order valence-electron chi connectivity index (χ0n) is 8.93. The van der Waals surface area contributed by atoms with Gasteiger partial charge in [0.1, 0.15) is 6.54 Å². The average molecular weight is 224 g/mol. The molecular weight excluding hydrogens is 210 g/mol. The van der Waals surface area contributed by atoms with Crippen molar-refractivity contribution in [1.82, 2.24) is 0 Å². The van der Waals surface area contributed by atoms with Gasteiger partial charge in [0.2, 0.25) is 0 Å². The molecule has 0 spiro atoms. The molecule has 0 bridgehead atoms. The Labute approximate surface area is 92.7 Å². The summed E-state index contributed by atoms with van der Waals surface area (Å²) in [6, 6.07) is 2.78. The number of phenols is 2. The maximum Gasteiger partial charge on any atom is 0.364 e. The first-order chi connectivity index (χ1) is 7.61. The topological polar surface area (TPSA) is 83.4 Å². The molecule has 0 saturated heterocycles. The van der Waals surface area contributed by atoms with Crippen molar-refractivity contribution in [3.63, 3.8) is 0 Å². The predicted octanol–water partition coefficient (Wildman–Crippen LogP) is -0.741. The van der Waals surface area contributed by atoms with Crippen molar-refractivity contribution in [3.8, 4) is 11.5 Å². The Morgan fingerprint density at radius 3 is 2.62 bits per heavy atom. The zero-order chi connectivity index (χ0) is 11.7. The van der Waals surface area contributed by atoms with Crippen molar-refractivity contribution >= 4 is 5.97 Å². The van der Waals surface area contributed by atoms with Crippen LogP contribution in [0.1, 0.15) is 11.1 Å². The molecule has 5 heteroatoms. The van der Waals surface area contributed by atoms with Gasteiger partial charge in [0.15, 0.2) is 17.5 Å². The van der Waals surface area contributed by atoms with Crippen LogP contribution >= 0.6 is 0 Å². The molecule has 1 heterocycles. The average Bonchev–Trinajstić information content (AvgIpc) is 2.29. The standard InChI is InChI=1S/C11H13NO4/c1-16-11(15)8-2-6-3-9(13)10(14)4-7(6)5-12-8/h3-4,8,12-14H,2,5H2,1H3/p+1/t8-/m0/s1. The molecule has 1 aromatic rings. The normalized spacial score (nSPS) is 18.9. The van der Waals surface area contributed by atoms with E-state index in [0.29, 0.717) is 13.0 Å². The summed E-state index contributed by atoms with van der Waals surface area (Å²) in [7, 11) is 1.36. The van der Waals surface area contributed by atoms with Crippen LogP contribution in [0.15, 0.2) is 12.1 Å². The van der Waals surface area contributed by atoms with Gasteiger partial charge in [-0.15, -0.1) is 0 Å². The van der Waals surface area contributed by atoms with Crippen molar-refractivity contribution in [1.29, 1.82) is 0 Å². The third kappa shape index (κ3) is 1.81. The van der Waals surface area contributed by atoms with Crippen LogP contribution in [0.3, 0.4) is 0 Å². The number of nitrogens with two attached hydrogens (primary N) is 1. The second kappa shape index (κ2) is 4.02. The maximum atomic E-state index is 11.4. The van der Waals surface area contributed by atoms with Gasteiger partial charge in [0.25, 0.3) is 0 Å². The Balaban J connectivity index is 2.27. The highest BCUT2D eigenvalue weighted by atomic mass is 16.5. The molecule has 1 aromatic carbocycles. The van der Waals surface area contributed by atoms with Crippen LogP contribution in [-0.4, -0.2) is 29.3 Å². The van der Waals surface area contributed by atoms with E-state index in [2.05, 4.69) is 4.74 Å². The molecule has 0 radical (unpaired) electrons. The number of aromatic hydroxyl groups is 2. The van der Waals surface area contributed by atoms with Crippen molar-refractivity contribution < 1.29 is 25.1 Å². The Kier molecular flexibility index (Phi) is 2.70. The summed E-state index contributed by atoms with van der Waals surface area (Å²) in [5, 5.41) is 20.6. The van der Waals surface area contributed by atoms with Crippen LogP contribution < -0.4 is 5.32 Å². The number of carbonyl (C=O) groups excluding carboxylic acids is 1. The molecule has 0 saturated carbocycles. The third-order valence-corrected chi connectivity index (χ3v) is 2.86. The van der Waals surface area contributed by atoms with E-state index in [1.54, 1.807) is 0 Å². The van der Waals surface area contributed by atoms with E-state index in [1.807, 2.05) is 5.32 Å². The number of hydrogen-bond donors (Lipinski definition) is 3. The van der Waals surface area contributed by atoms with E-state index in [1.165, 1.54) is 19.2 Å². The summed E-state index contributed by atoms with van der Waals surface area (Å²) < 4.78 is 4.68. The highest BCUT2D eigenvalue weighted by Gasteiger charge is 2.29. The Morgan fingerprint density at radius 1 is 1.38 bits per heavy atom. The van der Waals surface area contributed by atoms with Gasteiger partial charge in [-0.2, -0.15) is 0 Å². The van der Waals surface area contributed by atoms with Gasteiger partial charge in [0, 0.05) is 12.0 Å². The molecule has 0 aliphatic carbocycles. The fraction of sp³-hybridized carbons (Fsp3) is 0.364. The van der Waals surface area contributed by atoms with Crippen molar-refractivity contribution in [2.24, 2.45) is 0 Å². The Morgan fingerprint density at radius 2 is 2.00 bits per heavy atom. The summed E-state index contributed by atoms with van der Waals surface area (Å²) in [5.41, 5.74) is 1.82. The molecule has 0 amide bonds. The first-order valence-corrected chi connectivity index (χ1v) is 5.06. The lowest BCUT2D eigenvalue weighted by Crippen LogP contribution is -2.92. The van der Waals surface area contributed by atoms with E-state index < -0.39 is 0 Å². The smallest absolute Gasteiger partial charge is 0.364 e. The van der Waals surface area contributed by atoms with Gasteiger partial charge in [-0.05, 0) is 17.7 Å². The predicted molar refractivity (Wildman–Crippen MR) is 54.9 cm³/mol. The van der Waals surface area contributed by atoms with Gasteiger partial charge in [0.05, 0.1) is 7.11 Å². The minimum absolute atomic E-state index is 0.122. The molecule has 1 aliphatic rings. The monoisotopic (exact) mass is 224 g/mol. The fourth-order valence-corrected chi connectivity index (χ4v) is 1.96. The number of fused-ring (bicyclic) bond motifs is 1. The van der Waals surface area contributed by atoms with Crippen LogP contribution in [0.2, 0.25) is 0 Å². The molecule has 0 unspecified atom stereocenters. The maximum absolute atomic E-state index is 11.4. The molecule has 4 N–H and O–H groups in total. The largest absolute Gasteiger partial charge is 0.504 e. The summed E-state index contributed by atoms with van der Waals surface area (Å²) in [5.74, 6) is -0.536. The van der Waals surface area contributed by atoms with Crippen LogP contribution in [0.4, 0.5) is 0 Å². The lowest BCUT2D eigenvalue weighted by Gasteiger charge is -2.21. The number of carbonyl (C=O) groups is 1. The highest BCUT2D eigenvalue weighted by Crippen LogP contribution is 2.29. The van der Waals surface area contributed by atoms with E-state index in [-0.39, 0.29) is 23.5 Å². The van der Waals surface area contributed by atoms with E-state index >= 15 is 0 Å². The Hall–Kier alpha value is -1.75. The van der Waals surface area contributed by atoms with Crippen molar-refractivity contribution in [2.45, 2.75) is 19.0 Å². The number of hydrogen-bond acceptors (Lipinski definition) is 4. The van der Waals surface area contributed by atoms with Gasteiger partial charge in [-0.3, -0.25) is 0 Å². The number of benzene rings is 1. The second-order valence-corrected chi connectivity index (χ2v) is 3.88. The number of ether oxygens (including phenoxy) is 1. The lowest BCUT2D eigenvalue weighted by atomic mass is 9.95. The first kappa shape index (κ1) is 10.8. The molecule has 1 atom stereocenters. The SMILES string of the molecule is COC(=O)[C@@H]1Cc2cc(O)c(O)cc2C[NH2+]1. The van der Waals surface area contributed by atoms with Gasteiger partial charge in [-0.1, -0.05) is 0 Å². The highest BCUT2D eigenvalue weighted by molar-refractivity contribution is 5.74. The van der Waals surface area contributed by atoms with E-state index in [0.717, 1.165) is 11.1 Å². The molecule has 86 valence electrons.